The van der Waals surface area contributed by atoms with Crippen molar-refractivity contribution in [2.45, 2.75) is 58.0 Å². The highest BCUT2D eigenvalue weighted by Crippen LogP contribution is 2.47. The monoisotopic (exact) mass is 366 g/mol. The molecule has 0 spiro atoms. The van der Waals surface area contributed by atoms with E-state index in [-0.39, 0.29) is 23.3 Å². The Bertz CT molecular complexity index is 792. The Hall–Kier alpha value is -2.26. The maximum Gasteiger partial charge on any atom is 0.123 e. The third-order valence-electron chi connectivity index (χ3n) is 5.73. The van der Waals surface area contributed by atoms with Crippen LogP contribution in [0.25, 0.3) is 0 Å². The number of hydrogen-bond donors (Lipinski definition) is 3. The second kappa shape index (κ2) is 7.77. The van der Waals surface area contributed by atoms with E-state index < -0.39 is 5.60 Å². The average Bonchev–Trinajstić information content (AvgIpc) is 2.59. The number of aliphatic hydroxyl groups is 1. The molecule has 0 fully saturated rings. The number of phenols is 2. The minimum atomic E-state index is -0.882. The smallest absolute Gasteiger partial charge is 0.123 e. The van der Waals surface area contributed by atoms with Crippen molar-refractivity contribution < 1.29 is 15.3 Å². The summed E-state index contributed by atoms with van der Waals surface area (Å²) in [6.45, 7) is 5.68. The first-order chi connectivity index (χ1) is 12.8. The lowest BCUT2D eigenvalue weighted by Crippen LogP contribution is -2.36. The molecule has 0 radical (unpaired) electrons. The SMILES string of the molecule is CC1=C[C@@H](c2c(O)cc(CCc3ccccc3)cc2O)[C@@H](C(C)(C)O)CC1. The summed E-state index contributed by atoms with van der Waals surface area (Å²) in [5.41, 5.74) is 3.02. The molecule has 0 aromatic heterocycles. The lowest BCUT2D eigenvalue weighted by Gasteiger charge is -2.38. The quantitative estimate of drug-likeness (QED) is 0.646. The fourth-order valence-electron chi connectivity index (χ4n) is 4.24. The third-order valence-corrected chi connectivity index (χ3v) is 5.73. The van der Waals surface area contributed by atoms with E-state index in [4.69, 9.17) is 0 Å². The van der Waals surface area contributed by atoms with E-state index in [1.807, 2.05) is 32.0 Å². The second-order valence-corrected chi connectivity index (χ2v) is 8.37. The van der Waals surface area contributed by atoms with Gasteiger partial charge in [0.25, 0.3) is 0 Å². The first-order valence-corrected chi connectivity index (χ1v) is 9.74. The zero-order chi connectivity index (χ0) is 19.6. The predicted molar refractivity (Wildman–Crippen MR) is 109 cm³/mol. The molecule has 2 aromatic carbocycles. The van der Waals surface area contributed by atoms with Crippen molar-refractivity contribution in [2.24, 2.45) is 5.92 Å². The summed E-state index contributed by atoms with van der Waals surface area (Å²) in [4.78, 5) is 0. The van der Waals surface area contributed by atoms with Crippen LogP contribution >= 0.6 is 0 Å². The van der Waals surface area contributed by atoms with Gasteiger partial charge in [-0.3, -0.25) is 0 Å². The van der Waals surface area contributed by atoms with Crippen molar-refractivity contribution in [3.8, 4) is 11.5 Å². The van der Waals surface area contributed by atoms with Gasteiger partial charge in [0.05, 0.1) is 5.60 Å². The first-order valence-electron chi connectivity index (χ1n) is 9.74. The fourth-order valence-corrected chi connectivity index (χ4v) is 4.24. The summed E-state index contributed by atoms with van der Waals surface area (Å²) in [6, 6.07) is 13.7. The highest BCUT2D eigenvalue weighted by molar-refractivity contribution is 5.51. The van der Waals surface area contributed by atoms with Crippen LogP contribution in [0.3, 0.4) is 0 Å². The first kappa shape index (κ1) is 19.5. The van der Waals surface area contributed by atoms with Crippen LogP contribution in [0.2, 0.25) is 0 Å². The van der Waals surface area contributed by atoms with Gasteiger partial charge in [0.2, 0.25) is 0 Å². The van der Waals surface area contributed by atoms with E-state index >= 15 is 0 Å². The zero-order valence-corrected chi connectivity index (χ0v) is 16.4. The predicted octanol–water partition coefficient (Wildman–Crippen LogP) is 5.09. The molecule has 0 saturated heterocycles. The third kappa shape index (κ3) is 4.54. The van der Waals surface area contributed by atoms with Crippen molar-refractivity contribution in [3.05, 3.63) is 70.8 Å². The highest BCUT2D eigenvalue weighted by Gasteiger charge is 2.38. The number of rotatable bonds is 5. The van der Waals surface area contributed by atoms with Crippen LogP contribution in [-0.4, -0.2) is 20.9 Å². The Morgan fingerprint density at radius 1 is 0.963 bits per heavy atom. The van der Waals surface area contributed by atoms with Crippen molar-refractivity contribution in [2.75, 3.05) is 0 Å². The minimum absolute atomic E-state index is 0.0480. The number of phenolic OH excluding ortho intramolecular Hbond substituents is 2. The van der Waals surface area contributed by atoms with Crippen LogP contribution in [0.5, 0.6) is 11.5 Å². The summed E-state index contributed by atoms with van der Waals surface area (Å²) < 4.78 is 0. The summed E-state index contributed by atoms with van der Waals surface area (Å²) in [7, 11) is 0. The molecule has 0 unspecified atom stereocenters. The summed E-state index contributed by atoms with van der Waals surface area (Å²) >= 11 is 0. The number of benzene rings is 2. The van der Waals surface area contributed by atoms with E-state index in [1.54, 1.807) is 12.1 Å². The zero-order valence-electron chi connectivity index (χ0n) is 16.4. The highest BCUT2D eigenvalue weighted by atomic mass is 16.3. The molecule has 27 heavy (non-hydrogen) atoms. The topological polar surface area (TPSA) is 60.7 Å². The van der Waals surface area contributed by atoms with E-state index in [2.05, 4.69) is 25.1 Å². The molecule has 3 rings (SSSR count). The van der Waals surface area contributed by atoms with Crippen molar-refractivity contribution in [3.63, 3.8) is 0 Å². The molecule has 0 bridgehead atoms. The molecule has 3 nitrogen and oxygen atoms in total. The lowest BCUT2D eigenvalue weighted by atomic mass is 9.69. The Kier molecular flexibility index (Phi) is 5.61. The van der Waals surface area contributed by atoms with Gasteiger partial charge in [-0.15, -0.1) is 0 Å². The number of hydrogen-bond acceptors (Lipinski definition) is 3. The van der Waals surface area contributed by atoms with Crippen LogP contribution in [0.15, 0.2) is 54.1 Å². The van der Waals surface area contributed by atoms with Gasteiger partial charge >= 0.3 is 0 Å². The average molecular weight is 367 g/mol. The molecule has 3 N–H and O–H groups in total. The minimum Gasteiger partial charge on any atom is -0.507 e. The van der Waals surface area contributed by atoms with Gasteiger partial charge in [0, 0.05) is 11.5 Å². The molecule has 2 aromatic rings. The maximum atomic E-state index is 10.7. The van der Waals surface area contributed by atoms with Crippen LogP contribution in [0.4, 0.5) is 0 Å². The molecule has 0 saturated carbocycles. The largest absolute Gasteiger partial charge is 0.507 e. The molecule has 0 aliphatic heterocycles. The van der Waals surface area contributed by atoms with Gasteiger partial charge in [-0.25, -0.2) is 0 Å². The molecular formula is C24H30O3. The molecule has 1 aliphatic rings. The Morgan fingerprint density at radius 2 is 1.56 bits per heavy atom. The van der Waals surface area contributed by atoms with E-state index in [1.165, 1.54) is 11.1 Å². The molecular weight excluding hydrogens is 336 g/mol. The summed E-state index contributed by atoms with van der Waals surface area (Å²) in [5, 5.41) is 32.1. The van der Waals surface area contributed by atoms with E-state index in [0.717, 1.165) is 31.2 Å². The van der Waals surface area contributed by atoms with Crippen LogP contribution < -0.4 is 0 Å². The maximum absolute atomic E-state index is 10.7. The van der Waals surface area contributed by atoms with Gasteiger partial charge in [0.15, 0.2) is 0 Å². The molecule has 1 aliphatic carbocycles. The number of aromatic hydroxyl groups is 2. The Labute approximate surface area is 162 Å². The van der Waals surface area contributed by atoms with Gasteiger partial charge in [0.1, 0.15) is 11.5 Å². The number of allylic oxidation sites excluding steroid dienone is 2. The number of aryl methyl sites for hydroxylation is 2. The van der Waals surface area contributed by atoms with E-state index in [9.17, 15) is 15.3 Å². The van der Waals surface area contributed by atoms with E-state index in [0.29, 0.717) is 5.56 Å². The summed E-state index contributed by atoms with van der Waals surface area (Å²) in [5.74, 6) is -0.0124. The second-order valence-electron chi connectivity index (χ2n) is 8.37. The van der Waals surface area contributed by atoms with Gasteiger partial charge in [-0.05, 0) is 75.6 Å². The Morgan fingerprint density at radius 3 is 2.15 bits per heavy atom. The molecule has 0 heterocycles. The van der Waals surface area contributed by atoms with Crippen LogP contribution in [0.1, 0.15) is 56.2 Å². The fraction of sp³-hybridized carbons (Fsp3) is 0.417. The molecule has 2 atom stereocenters. The van der Waals surface area contributed by atoms with Crippen molar-refractivity contribution >= 4 is 0 Å². The normalized spacial score (nSPS) is 20.4. The van der Waals surface area contributed by atoms with Crippen LogP contribution in [-0.2, 0) is 12.8 Å². The van der Waals surface area contributed by atoms with Crippen molar-refractivity contribution in [1.29, 1.82) is 0 Å². The molecule has 0 amide bonds. The molecule has 3 heteroatoms. The lowest BCUT2D eigenvalue weighted by molar-refractivity contribution is 0.00421. The van der Waals surface area contributed by atoms with Crippen molar-refractivity contribution in [1.82, 2.24) is 0 Å². The van der Waals surface area contributed by atoms with Gasteiger partial charge in [-0.2, -0.15) is 0 Å². The van der Waals surface area contributed by atoms with Gasteiger partial charge in [-0.1, -0.05) is 42.0 Å². The summed E-state index contributed by atoms with van der Waals surface area (Å²) in [6.07, 6.45) is 5.46. The standard InChI is InChI=1S/C24H30O3/c1-16-9-12-20(24(2,3)27)19(13-16)23-21(25)14-18(15-22(23)26)11-10-17-7-5-4-6-8-17/h4-8,13-15,19-20,25-27H,9-12H2,1-3H3/t19-,20+/m1/s1. The van der Waals surface area contributed by atoms with Crippen LogP contribution in [0, 0.1) is 5.92 Å². The van der Waals surface area contributed by atoms with Gasteiger partial charge < -0.3 is 15.3 Å². The Balaban J connectivity index is 1.88. The molecule has 144 valence electrons.